The van der Waals surface area contributed by atoms with Crippen LogP contribution in [0.3, 0.4) is 0 Å². The van der Waals surface area contributed by atoms with Crippen LogP contribution in [0, 0.1) is 17.5 Å². The normalized spacial score (nSPS) is 23.2. The third kappa shape index (κ3) is 4.49. The molecular weight excluding hydrogens is 375 g/mol. The van der Waals surface area contributed by atoms with Crippen LogP contribution in [-0.2, 0) is 0 Å². The number of piperazine rings is 1. The highest BCUT2D eigenvalue weighted by atomic mass is 19.2. The van der Waals surface area contributed by atoms with Crippen LogP contribution in [0.2, 0.25) is 0 Å². The number of allylic oxidation sites excluding steroid dienone is 1. The SMILES string of the molecule is N[C@@H]1CC(CN2CCN(c3ccccc3)CC2)=CC[C@H]1c1cc(F)c(F)cc1F. The topological polar surface area (TPSA) is 32.5 Å². The fourth-order valence-corrected chi connectivity index (χ4v) is 4.40. The van der Waals surface area contributed by atoms with Crippen molar-refractivity contribution in [2.45, 2.75) is 24.8 Å². The molecule has 154 valence electrons. The molecule has 2 N–H and O–H groups in total. The van der Waals surface area contributed by atoms with Gasteiger partial charge in [-0.25, -0.2) is 13.2 Å². The number of para-hydroxylation sites is 1. The minimum Gasteiger partial charge on any atom is -0.369 e. The molecule has 0 spiro atoms. The van der Waals surface area contributed by atoms with Gasteiger partial charge in [-0.2, -0.15) is 0 Å². The number of rotatable bonds is 4. The van der Waals surface area contributed by atoms with E-state index in [4.69, 9.17) is 5.73 Å². The second-order valence-electron chi connectivity index (χ2n) is 7.96. The molecule has 1 aliphatic heterocycles. The maximum Gasteiger partial charge on any atom is 0.161 e. The van der Waals surface area contributed by atoms with Crippen LogP contribution in [0.5, 0.6) is 0 Å². The first-order chi connectivity index (χ1) is 14.0. The molecular formula is C23H26F3N3. The third-order valence-corrected chi connectivity index (χ3v) is 6.03. The molecule has 0 unspecified atom stereocenters. The number of benzene rings is 2. The van der Waals surface area contributed by atoms with Gasteiger partial charge in [-0.05, 0) is 36.6 Å². The van der Waals surface area contributed by atoms with Crippen LogP contribution in [0.4, 0.5) is 18.9 Å². The van der Waals surface area contributed by atoms with E-state index in [-0.39, 0.29) is 17.5 Å². The average Bonchev–Trinajstić information content (AvgIpc) is 2.72. The zero-order valence-electron chi connectivity index (χ0n) is 16.3. The number of nitrogens with two attached hydrogens (primary N) is 1. The second kappa shape index (κ2) is 8.59. The first-order valence-electron chi connectivity index (χ1n) is 10.1. The molecule has 2 aliphatic rings. The number of hydrogen-bond acceptors (Lipinski definition) is 3. The Morgan fingerprint density at radius 1 is 0.897 bits per heavy atom. The molecule has 29 heavy (non-hydrogen) atoms. The van der Waals surface area contributed by atoms with Crippen LogP contribution >= 0.6 is 0 Å². The summed E-state index contributed by atoms with van der Waals surface area (Å²) in [7, 11) is 0. The van der Waals surface area contributed by atoms with E-state index in [1.54, 1.807) is 0 Å². The van der Waals surface area contributed by atoms with Crippen molar-refractivity contribution in [3.63, 3.8) is 0 Å². The van der Waals surface area contributed by atoms with Gasteiger partial charge in [0.2, 0.25) is 0 Å². The molecule has 0 radical (unpaired) electrons. The molecule has 2 atom stereocenters. The first-order valence-corrected chi connectivity index (χ1v) is 10.1. The third-order valence-electron chi connectivity index (χ3n) is 6.03. The van der Waals surface area contributed by atoms with Gasteiger partial charge in [-0.3, -0.25) is 4.90 Å². The molecule has 1 saturated heterocycles. The lowest BCUT2D eigenvalue weighted by molar-refractivity contribution is 0.271. The Bertz CT molecular complexity index is 876. The zero-order valence-corrected chi connectivity index (χ0v) is 16.3. The molecule has 4 rings (SSSR count). The van der Waals surface area contributed by atoms with E-state index in [1.807, 2.05) is 6.07 Å². The van der Waals surface area contributed by atoms with Gasteiger partial charge in [-0.15, -0.1) is 0 Å². The maximum atomic E-state index is 14.1. The number of nitrogens with zero attached hydrogens (tertiary/aromatic N) is 2. The molecule has 1 fully saturated rings. The van der Waals surface area contributed by atoms with Crippen LogP contribution in [0.25, 0.3) is 0 Å². The maximum absolute atomic E-state index is 14.1. The summed E-state index contributed by atoms with van der Waals surface area (Å²) < 4.78 is 40.9. The monoisotopic (exact) mass is 401 g/mol. The lowest BCUT2D eigenvalue weighted by Gasteiger charge is -2.38. The first kappa shape index (κ1) is 20.0. The van der Waals surface area contributed by atoms with Crippen molar-refractivity contribution in [2.75, 3.05) is 37.6 Å². The Morgan fingerprint density at radius 3 is 2.28 bits per heavy atom. The standard InChI is InChI=1S/C23H26F3N3/c24-20-14-22(26)21(25)13-19(20)18-7-6-16(12-23(18)27)15-28-8-10-29(11-9-28)17-4-2-1-3-5-17/h1-6,13-14,18,23H,7-12,15,27H2/t18-,23+/m0/s1. The van der Waals surface area contributed by atoms with Crippen molar-refractivity contribution in [1.29, 1.82) is 0 Å². The van der Waals surface area contributed by atoms with Crippen molar-refractivity contribution in [3.05, 3.63) is 77.1 Å². The highest BCUT2D eigenvalue weighted by Gasteiger charge is 2.28. The lowest BCUT2D eigenvalue weighted by Crippen LogP contribution is -2.47. The van der Waals surface area contributed by atoms with E-state index < -0.39 is 17.5 Å². The summed E-state index contributed by atoms with van der Waals surface area (Å²) in [5.74, 6) is -3.25. The minimum absolute atomic E-state index is 0.170. The van der Waals surface area contributed by atoms with Crippen molar-refractivity contribution in [3.8, 4) is 0 Å². The quantitative estimate of drug-likeness (QED) is 0.620. The van der Waals surface area contributed by atoms with Gasteiger partial charge in [0.1, 0.15) is 5.82 Å². The summed E-state index contributed by atoms with van der Waals surface area (Å²) in [6, 6.07) is 11.7. The van der Waals surface area contributed by atoms with Gasteiger partial charge in [0, 0.05) is 56.4 Å². The Morgan fingerprint density at radius 2 is 1.59 bits per heavy atom. The lowest BCUT2D eigenvalue weighted by atomic mass is 9.80. The molecule has 1 aliphatic carbocycles. The van der Waals surface area contributed by atoms with Crippen molar-refractivity contribution in [1.82, 2.24) is 4.90 Å². The van der Waals surface area contributed by atoms with Gasteiger partial charge in [0.05, 0.1) is 0 Å². The summed E-state index contributed by atoms with van der Waals surface area (Å²) in [6.07, 6.45) is 3.28. The predicted octanol–water partition coefficient (Wildman–Crippen LogP) is 4.06. The highest BCUT2D eigenvalue weighted by Crippen LogP contribution is 2.34. The summed E-state index contributed by atoms with van der Waals surface area (Å²) >= 11 is 0. The highest BCUT2D eigenvalue weighted by molar-refractivity contribution is 5.46. The van der Waals surface area contributed by atoms with Crippen molar-refractivity contribution < 1.29 is 13.2 Å². The number of hydrogen-bond donors (Lipinski definition) is 1. The summed E-state index contributed by atoms with van der Waals surface area (Å²) in [5.41, 5.74) is 8.97. The van der Waals surface area contributed by atoms with E-state index >= 15 is 0 Å². The van der Waals surface area contributed by atoms with E-state index in [1.165, 1.54) is 11.3 Å². The average molecular weight is 401 g/mol. The smallest absolute Gasteiger partial charge is 0.161 e. The van der Waals surface area contributed by atoms with E-state index in [0.29, 0.717) is 18.9 Å². The zero-order chi connectivity index (χ0) is 20.4. The van der Waals surface area contributed by atoms with Gasteiger partial charge < -0.3 is 10.6 Å². The summed E-state index contributed by atoms with van der Waals surface area (Å²) in [4.78, 5) is 4.80. The molecule has 0 aromatic heterocycles. The molecule has 0 amide bonds. The fraction of sp³-hybridized carbons (Fsp3) is 0.391. The predicted molar refractivity (Wildman–Crippen MR) is 109 cm³/mol. The van der Waals surface area contributed by atoms with E-state index in [2.05, 4.69) is 40.1 Å². The Labute approximate surface area is 169 Å². The van der Waals surface area contributed by atoms with E-state index in [9.17, 15) is 13.2 Å². The van der Waals surface area contributed by atoms with Crippen LogP contribution in [0.15, 0.2) is 54.1 Å². The van der Waals surface area contributed by atoms with Crippen molar-refractivity contribution >= 4 is 5.69 Å². The molecule has 1 heterocycles. The van der Waals surface area contributed by atoms with Gasteiger partial charge in [-0.1, -0.05) is 29.8 Å². The molecule has 6 heteroatoms. The molecule has 0 saturated carbocycles. The van der Waals surface area contributed by atoms with Gasteiger partial charge >= 0.3 is 0 Å². The van der Waals surface area contributed by atoms with E-state index in [0.717, 1.165) is 38.8 Å². The number of halogens is 3. The van der Waals surface area contributed by atoms with Crippen LogP contribution in [0.1, 0.15) is 24.3 Å². The molecule has 3 nitrogen and oxygen atoms in total. The summed E-state index contributed by atoms with van der Waals surface area (Å²) in [5, 5.41) is 0. The Balaban J connectivity index is 1.35. The fourth-order valence-electron chi connectivity index (χ4n) is 4.40. The summed E-state index contributed by atoms with van der Waals surface area (Å²) in [6.45, 7) is 4.76. The molecule has 2 aromatic carbocycles. The van der Waals surface area contributed by atoms with Crippen molar-refractivity contribution in [2.24, 2.45) is 5.73 Å². The van der Waals surface area contributed by atoms with Gasteiger partial charge in [0.25, 0.3) is 0 Å². The molecule has 0 bridgehead atoms. The Kier molecular flexibility index (Phi) is 5.92. The largest absolute Gasteiger partial charge is 0.369 e. The number of anilines is 1. The van der Waals surface area contributed by atoms with Crippen LogP contribution < -0.4 is 10.6 Å². The Hall–Kier alpha value is -2.31. The second-order valence-corrected chi connectivity index (χ2v) is 7.96. The van der Waals surface area contributed by atoms with Crippen LogP contribution in [-0.4, -0.2) is 43.7 Å². The molecule has 2 aromatic rings. The van der Waals surface area contributed by atoms with Gasteiger partial charge in [0.15, 0.2) is 11.6 Å². The minimum atomic E-state index is -1.17.